The third-order valence-corrected chi connectivity index (χ3v) is 3.96. The van der Waals surface area contributed by atoms with E-state index in [0.717, 1.165) is 0 Å². The van der Waals surface area contributed by atoms with Crippen LogP contribution in [0.1, 0.15) is 19.1 Å². The van der Waals surface area contributed by atoms with E-state index in [0.29, 0.717) is 13.0 Å². The van der Waals surface area contributed by atoms with Crippen molar-refractivity contribution in [1.29, 1.82) is 0 Å². The number of aryl methyl sites for hydroxylation is 1. The van der Waals surface area contributed by atoms with Gasteiger partial charge in [-0.05, 0) is 20.3 Å². The highest BCUT2D eigenvalue weighted by Crippen LogP contribution is 2.21. The van der Waals surface area contributed by atoms with Crippen LogP contribution in [0.25, 0.3) is 0 Å². The van der Waals surface area contributed by atoms with E-state index in [1.807, 2.05) is 0 Å². The zero-order chi connectivity index (χ0) is 13.1. The van der Waals surface area contributed by atoms with Gasteiger partial charge in [-0.3, -0.25) is 0 Å². The molecule has 8 heteroatoms. The quantitative estimate of drug-likeness (QED) is 0.762. The Morgan fingerprint density at radius 1 is 1.59 bits per heavy atom. The summed E-state index contributed by atoms with van der Waals surface area (Å²) in [5.41, 5.74) is 5.45. The molecule has 0 aliphatic carbocycles. The smallest absolute Gasteiger partial charge is 0.248 e. The van der Waals surface area contributed by atoms with Crippen LogP contribution in [-0.2, 0) is 14.8 Å². The highest BCUT2D eigenvalue weighted by Gasteiger charge is 2.26. The first-order chi connectivity index (χ1) is 7.88. The number of nitrogens with zero attached hydrogens (tertiary/aromatic N) is 1. The fourth-order valence-electron chi connectivity index (χ4n) is 1.39. The van der Waals surface area contributed by atoms with Crippen molar-refractivity contribution in [3.05, 3.63) is 5.76 Å². The Hall–Kier alpha value is -1.12. The number of sulfonamides is 1. The number of hydrogen-bond donors (Lipinski definition) is 2. The molecular weight excluding hydrogens is 246 g/mol. The zero-order valence-electron chi connectivity index (χ0n) is 10.1. The number of aromatic nitrogens is 1. The topological polar surface area (TPSA) is 107 Å². The lowest BCUT2D eigenvalue weighted by Gasteiger charge is -2.13. The van der Waals surface area contributed by atoms with Gasteiger partial charge in [-0.2, -0.15) is 0 Å². The van der Waals surface area contributed by atoms with Crippen molar-refractivity contribution in [2.45, 2.75) is 31.2 Å². The van der Waals surface area contributed by atoms with Crippen molar-refractivity contribution < 1.29 is 17.7 Å². The molecule has 1 heterocycles. The fraction of sp³-hybridized carbons (Fsp3) is 0.667. The van der Waals surface area contributed by atoms with Gasteiger partial charge in [0.1, 0.15) is 0 Å². The Morgan fingerprint density at radius 3 is 2.71 bits per heavy atom. The number of hydrogen-bond acceptors (Lipinski definition) is 6. The van der Waals surface area contributed by atoms with Crippen molar-refractivity contribution >= 4 is 15.8 Å². The summed E-state index contributed by atoms with van der Waals surface area (Å²) in [4.78, 5) is -0.0956. The van der Waals surface area contributed by atoms with Crippen molar-refractivity contribution in [2.75, 3.05) is 19.5 Å². The van der Waals surface area contributed by atoms with Crippen LogP contribution in [-0.4, -0.2) is 33.3 Å². The SMILES string of the molecule is COCCC(C)NS(=O)(=O)c1c(N)noc1C. The first kappa shape index (κ1) is 13.9. The normalized spacial score (nSPS) is 13.8. The summed E-state index contributed by atoms with van der Waals surface area (Å²) >= 11 is 0. The molecule has 0 spiro atoms. The molecule has 0 saturated carbocycles. The van der Waals surface area contributed by atoms with Crippen molar-refractivity contribution in [3.63, 3.8) is 0 Å². The van der Waals surface area contributed by atoms with Crippen LogP contribution in [0.2, 0.25) is 0 Å². The molecule has 0 bridgehead atoms. The zero-order valence-corrected chi connectivity index (χ0v) is 10.9. The number of nitrogens with two attached hydrogens (primary N) is 1. The Balaban J connectivity index is 2.83. The number of nitrogen functional groups attached to an aromatic ring is 1. The van der Waals surface area contributed by atoms with Crippen LogP contribution in [0.5, 0.6) is 0 Å². The number of anilines is 1. The molecule has 1 aromatic rings. The molecular formula is C9H17N3O4S. The van der Waals surface area contributed by atoms with E-state index in [9.17, 15) is 8.42 Å². The lowest BCUT2D eigenvalue weighted by molar-refractivity contribution is 0.188. The molecule has 0 aliphatic heterocycles. The van der Waals surface area contributed by atoms with Gasteiger partial charge in [0.15, 0.2) is 16.5 Å². The average molecular weight is 263 g/mol. The van der Waals surface area contributed by atoms with Gasteiger partial charge in [0, 0.05) is 19.8 Å². The van der Waals surface area contributed by atoms with E-state index in [1.54, 1.807) is 14.0 Å². The molecule has 0 aliphatic rings. The third-order valence-electron chi connectivity index (χ3n) is 2.21. The molecule has 7 nitrogen and oxygen atoms in total. The van der Waals surface area contributed by atoms with Gasteiger partial charge < -0.3 is 15.0 Å². The summed E-state index contributed by atoms with van der Waals surface area (Å²) in [7, 11) is -2.14. The number of rotatable bonds is 6. The summed E-state index contributed by atoms with van der Waals surface area (Å²) in [6.45, 7) is 3.72. The molecule has 1 aromatic heterocycles. The van der Waals surface area contributed by atoms with E-state index in [-0.39, 0.29) is 22.5 Å². The maximum absolute atomic E-state index is 12.0. The summed E-state index contributed by atoms with van der Waals surface area (Å²) in [5.74, 6) is 0.0443. The standard InChI is InChI=1S/C9H17N3O4S/c1-6(4-5-15-3)12-17(13,14)8-7(2)16-11-9(8)10/h6,12H,4-5H2,1-3H3,(H2,10,11). The predicted molar refractivity (Wildman–Crippen MR) is 61.9 cm³/mol. The second-order valence-electron chi connectivity index (χ2n) is 3.76. The van der Waals surface area contributed by atoms with E-state index >= 15 is 0 Å². The second kappa shape index (κ2) is 5.48. The van der Waals surface area contributed by atoms with Crippen LogP contribution in [0.3, 0.4) is 0 Å². The van der Waals surface area contributed by atoms with Crippen molar-refractivity contribution in [3.8, 4) is 0 Å². The highest BCUT2D eigenvalue weighted by atomic mass is 32.2. The number of nitrogens with one attached hydrogen (secondary N) is 1. The Bertz CT molecular complexity index is 449. The molecule has 0 fully saturated rings. The predicted octanol–water partition coefficient (Wildman–Crippen LogP) is 0.269. The van der Waals surface area contributed by atoms with Crippen LogP contribution in [0.15, 0.2) is 9.42 Å². The van der Waals surface area contributed by atoms with Crippen LogP contribution in [0.4, 0.5) is 5.82 Å². The third kappa shape index (κ3) is 3.42. The molecule has 0 saturated heterocycles. The maximum atomic E-state index is 12.0. The van der Waals surface area contributed by atoms with Crippen molar-refractivity contribution in [1.82, 2.24) is 9.88 Å². The maximum Gasteiger partial charge on any atom is 0.248 e. The van der Waals surface area contributed by atoms with Crippen LogP contribution in [0, 0.1) is 6.92 Å². The van der Waals surface area contributed by atoms with Gasteiger partial charge in [0.05, 0.1) is 0 Å². The van der Waals surface area contributed by atoms with Gasteiger partial charge in [0.25, 0.3) is 0 Å². The summed E-state index contributed by atoms with van der Waals surface area (Å²) < 4.78 is 36.0. The molecule has 3 N–H and O–H groups in total. The van der Waals surface area contributed by atoms with E-state index < -0.39 is 10.0 Å². The first-order valence-corrected chi connectivity index (χ1v) is 6.59. The molecule has 17 heavy (non-hydrogen) atoms. The van der Waals surface area contributed by atoms with Crippen molar-refractivity contribution in [2.24, 2.45) is 0 Å². The minimum Gasteiger partial charge on any atom is -0.385 e. The monoisotopic (exact) mass is 263 g/mol. The number of methoxy groups -OCH3 is 1. The van der Waals surface area contributed by atoms with Gasteiger partial charge in [0.2, 0.25) is 10.0 Å². The van der Waals surface area contributed by atoms with Gasteiger partial charge in [-0.15, -0.1) is 0 Å². The van der Waals surface area contributed by atoms with E-state index in [1.165, 1.54) is 6.92 Å². The molecule has 0 radical (unpaired) electrons. The lowest BCUT2D eigenvalue weighted by Crippen LogP contribution is -2.33. The van der Waals surface area contributed by atoms with Gasteiger partial charge in [-0.25, -0.2) is 13.1 Å². The minimum absolute atomic E-state index is 0.0956. The molecule has 0 amide bonds. The summed E-state index contributed by atoms with van der Waals surface area (Å²) in [6.07, 6.45) is 0.569. The fourth-order valence-corrected chi connectivity index (χ4v) is 2.88. The highest BCUT2D eigenvalue weighted by molar-refractivity contribution is 7.89. The van der Waals surface area contributed by atoms with Gasteiger partial charge in [-0.1, -0.05) is 5.16 Å². The van der Waals surface area contributed by atoms with Crippen LogP contribution >= 0.6 is 0 Å². The summed E-state index contributed by atoms with van der Waals surface area (Å²) in [6, 6.07) is -0.256. The summed E-state index contributed by atoms with van der Waals surface area (Å²) in [5, 5.41) is 3.41. The molecule has 1 atom stereocenters. The Labute approximate surface area is 100 Å². The number of ether oxygens (including phenoxy) is 1. The molecule has 1 unspecified atom stereocenters. The average Bonchev–Trinajstić information content (AvgIpc) is 2.55. The lowest BCUT2D eigenvalue weighted by atomic mass is 10.3. The molecule has 1 rings (SSSR count). The van der Waals surface area contributed by atoms with Crippen LogP contribution < -0.4 is 10.5 Å². The minimum atomic E-state index is -3.69. The van der Waals surface area contributed by atoms with E-state index in [4.69, 9.17) is 15.0 Å². The molecule has 0 aromatic carbocycles. The van der Waals surface area contributed by atoms with E-state index in [2.05, 4.69) is 9.88 Å². The Kier molecular flexibility index (Phi) is 4.49. The Morgan fingerprint density at radius 2 is 2.24 bits per heavy atom. The first-order valence-electron chi connectivity index (χ1n) is 5.11. The molecule has 98 valence electrons. The van der Waals surface area contributed by atoms with Gasteiger partial charge >= 0.3 is 0 Å². The largest absolute Gasteiger partial charge is 0.385 e. The second-order valence-corrected chi connectivity index (χ2v) is 5.41.